The number of carbonyl (C=O) groups excluding carboxylic acids is 1. The zero-order valence-corrected chi connectivity index (χ0v) is 16.4. The SMILES string of the molecule is CC1=C[C@@H](C)[C@]2(COC(=O)NC(C)C)CO[C@H](c3cccnc3)[C@@H]1[C@H]2C. The number of alkyl carbamates (subject to hydrolysis) is 1. The molecule has 1 N–H and O–H groups in total. The average Bonchev–Trinajstić information content (AvgIpc) is 2.59. The lowest BCUT2D eigenvalue weighted by atomic mass is 9.56. The van der Waals surface area contributed by atoms with E-state index >= 15 is 0 Å². The number of hydrogen-bond acceptors (Lipinski definition) is 4. The zero-order chi connectivity index (χ0) is 18.9. The summed E-state index contributed by atoms with van der Waals surface area (Å²) in [5, 5.41) is 2.80. The van der Waals surface area contributed by atoms with Gasteiger partial charge in [-0.1, -0.05) is 31.6 Å². The fourth-order valence-electron chi connectivity index (χ4n) is 4.58. The van der Waals surface area contributed by atoms with Crippen LogP contribution in [-0.4, -0.2) is 30.3 Å². The molecule has 26 heavy (non-hydrogen) atoms. The van der Waals surface area contributed by atoms with Gasteiger partial charge in [-0.25, -0.2) is 4.79 Å². The maximum atomic E-state index is 12.0. The predicted molar refractivity (Wildman–Crippen MR) is 101 cm³/mol. The van der Waals surface area contributed by atoms with Crippen molar-refractivity contribution in [3.05, 3.63) is 41.7 Å². The molecule has 142 valence electrons. The number of hydrogen-bond donors (Lipinski definition) is 1. The molecule has 1 saturated heterocycles. The lowest BCUT2D eigenvalue weighted by Crippen LogP contribution is -2.55. The van der Waals surface area contributed by atoms with Crippen LogP contribution in [0.1, 0.15) is 46.3 Å². The van der Waals surface area contributed by atoms with Crippen LogP contribution in [0.5, 0.6) is 0 Å². The van der Waals surface area contributed by atoms with E-state index in [1.165, 1.54) is 5.57 Å². The Hall–Kier alpha value is -1.88. The van der Waals surface area contributed by atoms with Crippen molar-refractivity contribution in [2.45, 2.75) is 46.8 Å². The van der Waals surface area contributed by atoms with Gasteiger partial charge < -0.3 is 14.8 Å². The van der Waals surface area contributed by atoms with Crippen molar-refractivity contribution < 1.29 is 14.3 Å². The van der Waals surface area contributed by atoms with E-state index < -0.39 is 0 Å². The fraction of sp³-hybridized carbons (Fsp3) is 0.619. The molecule has 3 rings (SSSR count). The molecular weight excluding hydrogens is 328 g/mol. The number of rotatable bonds is 4. The minimum Gasteiger partial charge on any atom is -0.449 e. The van der Waals surface area contributed by atoms with Gasteiger partial charge in [-0.2, -0.15) is 0 Å². The molecule has 1 aromatic rings. The Bertz CT molecular complexity index is 673. The topological polar surface area (TPSA) is 60.5 Å². The zero-order valence-electron chi connectivity index (χ0n) is 16.4. The summed E-state index contributed by atoms with van der Waals surface area (Å²) in [6.45, 7) is 11.5. The Balaban J connectivity index is 1.84. The van der Waals surface area contributed by atoms with Crippen molar-refractivity contribution in [2.24, 2.45) is 23.2 Å². The van der Waals surface area contributed by atoms with Gasteiger partial charge in [-0.3, -0.25) is 4.98 Å². The molecule has 5 atom stereocenters. The van der Waals surface area contributed by atoms with Crippen molar-refractivity contribution in [1.29, 1.82) is 0 Å². The van der Waals surface area contributed by atoms with Crippen LogP contribution in [0.4, 0.5) is 4.79 Å². The Kier molecular flexibility index (Phi) is 5.37. The summed E-state index contributed by atoms with van der Waals surface area (Å²) in [5.74, 6) is 0.893. The molecule has 2 heterocycles. The first kappa shape index (κ1) is 18.9. The van der Waals surface area contributed by atoms with Crippen molar-refractivity contribution in [2.75, 3.05) is 13.2 Å². The third-order valence-electron chi connectivity index (χ3n) is 6.14. The second-order valence-corrected chi connectivity index (χ2v) is 8.14. The smallest absolute Gasteiger partial charge is 0.407 e. The van der Waals surface area contributed by atoms with Gasteiger partial charge in [0.2, 0.25) is 0 Å². The third-order valence-corrected chi connectivity index (χ3v) is 6.14. The van der Waals surface area contributed by atoms with E-state index in [0.29, 0.717) is 19.1 Å². The van der Waals surface area contributed by atoms with Gasteiger partial charge in [0.25, 0.3) is 0 Å². The maximum Gasteiger partial charge on any atom is 0.407 e. The average molecular weight is 358 g/mol. The van der Waals surface area contributed by atoms with Crippen molar-refractivity contribution >= 4 is 6.09 Å². The number of ether oxygens (including phenoxy) is 2. The molecule has 1 amide bonds. The number of carbonyl (C=O) groups is 1. The van der Waals surface area contributed by atoms with Gasteiger partial charge in [0.15, 0.2) is 0 Å². The van der Waals surface area contributed by atoms with E-state index in [4.69, 9.17) is 9.47 Å². The molecule has 0 radical (unpaired) electrons. The first-order chi connectivity index (χ1) is 12.3. The van der Waals surface area contributed by atoms with Gasteiger partial charge >= 0.3 is 6.09 Å². The summed E-state index contributed by atoms with van der Waals surface area (Å²) < 4.78 is 12.0. The molecule has 0 spiro atoms. The van der Waals surface area contributed by atoms with E-state index in [9.17, 15) is 4.79 Å². The van der Waals surface area contributed by atoms with E-state index in [0.717, 1.165) is 5.56 Å². The highest BCUT2D eigenvalue weighted by molar-refractivity contribution is 5.67. The molecule has 1 aliphatic heterocycles. The van der Waals surface area contributed by atoms with Crippen LogP contribution in [0.3, 0.4) is 0 Å². The minimum absolute atomic E-state index is 0.0000607. The number of pyridine rings is 1. The second-order valence-electron chi connectivity index (χ2n) is 8.14. The highest BCUT2D eigenvalue weighted by atomic mass is 16.6. The number of fused-ring (bicyclic) bond motifs is 2. The summed E-state index contributed by atoms with van der Waals surface area (Å²) >= 11 is 0. The number of aromatic nitrogens is 1. The number of nitrogens with zero attached hydrogens (tertiary/aromatic N) is 1. The molecule has 0 aromatic carbocycles. The van der Waals surface area contributed by atoms with Crippen molar-refractivity contribution in [3.8, 4) is 0 Å². The molecule has 1 aliphatic carbocycles. The largest absolute Gasteiger partial charge is 0.449 e. The van der Waals surface area contributed by atoms with E-state index in [-0.39, 0.29) is 35.5 Å². The Morgan fingerprint density at radius 1 is 1.46 bits per heavy atom. The van der Waals surface area contributed by atoms with Gasteiger partial charge in [0, 0.05) is 29.8 Å². The second kappa shape index (κ2) is 7.39. The molecule has 2 aliphatic rings. The van der Waals surface area contributed by atoms with Crippen LogP contribution in [0, 0.1) is 23.2 Å². The van der Waals surface area contributed by atoms with Gasteiger partial charge in [-0.05, 0) is 44.2 Å². The summed E-state index contributed by atoms with van der Waals surface area (Å²) in [4.78, 5) is 16.3. The van der Waals surface area contributed by atoms with Crippen molar-refractivity contribution in [1.82, 2.24) is 10.3 Å². The molecule has 1 aromatic heterocycles. The summed E-state index contributed by atoms with van der Waals surface area (Å²) in [6, 6.07) is 4.10. The van der Waals surface area contributed by atoms with E-state index in [1.807, 2.05) is 26.1 Å². The fourth-order valence-corrected chi connectivity index (χ4v) is 4.58. The van der Waals surface area contributed by atoms with Crippen LogP contribution < -0.4 is 5.32 Å². The summed E-state index contributed by atoms with van der Waals surface area (Å²) in [5.41, 5.74) is 2.26. The molecule has 1 fully saturated rings. The number of allylic oxidation sites excluding steroid dienone is 1. The molecule has 5 heteroatoms. The van der Waals surface area contributed by atoms with Crippen LogP contribution in [-0.2, 0) is 9.47 Å². The molecule has 0 unspecified atom stereocenters. The quantitative estimate of drug-likeness (QED) is 0.823. The normalized spacial score (nSPS) is 33.5. The van der Waals surface area contributed by atoms with Crippen LogP contribution in [0.15, 0.2) is 36.2 Å². The standard InChI is InChI=1S/C21H30N2O3/c1-13(2)23-20(24)26-12-21-11-25-19(17-7-6-8-22-10-17)18(16(21)5)14(3)9-15(21)4/h6-10,13,15-16,18-19H,11-12H2,1-5H3,(H,23,24)/t15-,16-,18+,19-,21-/m1/s1. The van der Waals surface area contributed by atoms with Crippen LogP contribution >= 0.6 is 0 Å². The van der Waals surface area contributed by atoms with Crippen molar-refractivity contribution in [3.63, 3.8) is 0 Å². The van der Waals surface area contributed by atoms with Gasteiger partial charge in [0.1, 0.15) is 6.61 Å². The van der Waals surface area contributed by atoms with E-state index in [1.54, 1.807) is 6.20 Å². The lowest BCUT2D eigenvalue weighted by molar-refractivity contribution is -0.165. The summed E-state index contributed by atoms with van der Waals surface area (Å²) in [6.07, 6.45) is 5.65. The number of amides is 1. The monoisotopic (exact) mass is 358 g/mol. The molecule has 2 bridgehead atoms. The van der Waals surface area contributed by atoms with E-state index in [2.05, 4.69) is 43.2 Å². The number of nitrogens with one attached hydrogen (secondary N) is 1. The van der Waals surface area contributed by atoms with Gasteiger partial charge in [-0.15, -0.1) is 0 Å². The Morgan fingerprint density at radius 2 is 2.23 bits per heavy atom. The Morgan fingerprint density at radius 3 is 2.88 bits per heavy atom. The highest BCUT2D eigenvalue weighted by Crippen LogP contribution is 2.56. The minimum atomic E-state index is -0.356. The Labute approximate surface area is 156 Å². The van der Waals surface area contributed by atoms with Crippen LogP contribution in [0.2, 0.25) is 0 Å². The first-order valence-corrected chi connectivity index (χ1v) is 9.48. The maximum absolute atomic E-state index is 12.0. The highest BCUT2D eigenvalue weighted by Gasteiger charge is 2.54. The van der Waals surface area contributed by atoms with Crippen LogP contribution in [0.25, 0.3) is 0 Å². The predicted octanol–water partition coefficient (Wildman–Crippen LogP) is 4.12. The third kappa shape index (κ3) is 3.37. The molecule has 0 saturated carbocycles. The molecular formula is C21H30N2O3. The molecule has 5 nitrogen and oxygen atoms in total. The first-order valence-electron chi connectivity index (χ1n) is 9.48. The lowest BCUT2D eigenvalue weighted by Gasteiger charge is -2.55. The van der Waals surface area contributed by atoms with Gasteiger partial charge in [0.05, 0.1) is 12.7 Å². The summed E-state index contributed by atoms with van der Waals surface area (Å²) in [7, 11) is 0.